The van der Waals surface area contributed by atoms with E-state index in [1.165, 1.54) is 0 Å². The Labute approximate surface area is 97.3 Å². The first-order valence-corrected chi connectivity index (χ1v) is 5.21. The molecule has 0 unspecified atom stereocenters. The van der Waals surface area contributed by atoms with Crippen molar-refractivity contribution in [3.63, 3.8) is 0 Å². The molecule has 1 aromatic rings. The lowest BCUT2D eigenvalue weighted by Crippen LogP contribution is -2.39. The smallest absolute Gasteiger partial charge is 0.321 e. The van der Waals surface area contributed by atoms with Gasteiger partial charge < -0.3 is 9.84 Å². The number of nitrogens with one attached hydrogen (secondary N) is 2. The number of amides is 3. The molecule has 0 aliphatic heterocycles. The van der Waals surface area contributed by atoms with E-state index in [1.807, 2.05) is 0 Å². The summed E-state index contributed by atoms with van der Waals surface area (Å²) < 4.78 is 4.87. The summed E-state index contributed by atoms with van der Waals surface area (Å²) in [5, 5.41) is 8.23. The number of alkyl halides is 1. The maximum absolute atomic E-state index is 11.2. The average Bonchev–Trinajstić information content (AvgIpc) is 2.61. The second-order valence-electron chi connectivity index (χ2n) is 3.10. The topological polar surface area (TPSA) is 84.2 Å². The Morgan fingerprint density at radius 3 is 2.88 bits per heavy atom. The van der Waals surface area contributed by atoms with Crippen LogP contribution in [-0.4, -0.2) is 23.0 Å². The van der Waals surface area contributed by atoms with Crippen LogP contribution in [0.15, 0.2) is 10.6 Å². The zero-order valence-electron chi connectivity index (χ0n) is 8.75. The van der Waals surface area contributed by atoms with Gasteiger partial charge in [0, 0.05) is 18.4 Å². The van der Waals surface area contributed by atoms with Crippen molar-refractivity contribution in [2.24, 2.45) is 0 Å². The highest BCUT2D eigenvalue weighted by Crippen LogP contribution is 2.00. The molecule has 0 saturated carbocycles. The van der Waals surface area contributed by atoms with Crippen molar-refractivity contribution in [3.05, 3.63) is 17.5 Å². The summed E-state index contributed by atoms with van der Waals surface area (Å²) >= 11 is 5.34. The molecule has 0 aromatic carbocycles. The minimum Gasteiger partial charge on any atom is -0.359 e. The standard InChI is InChI=1S/C9H12ClN3O3/c1-6-4-7(16-13-6)5-11-9(15)12-8(14)2-3-10/h4H,2-3,5H2,1H3,(H2,11,12,14,15). The van der Waals surface area contributed by atoms with E-state index in [-0.39, 0.29) is 18.8 Å². The quantitative estimate of drug-likeness (QED) is 0.773. The Balaban J connectivity index is 2.27. The highest BCUT2D eigenvalue weighted by Gasteiger charge is 2.07. The number of urea groups is 1. The van der Waals surface area contributed by atoms with Crippen LogP contribution >= 0.6 is 11.6 Å². The molecule has 1 aromatic heterocycles. The van der Waals surface area contributed by atoms with Gasteiger partial charge in [0.1, 0.15) is 0 Å². The molecule has 0 saturated heterocycles. The molecule has 3 amide bonds. The molecular weight excluding hydrogens is 234 g/mol. The zero-order chi connectivity index (χ0) is 12.0. The number of halogens is 1. The van der Waals surface area contributed by atoms with Crippen molar-refractivity contribution in [1.29, 1.82) is 0 Å². The lowest BCUT2D eigenvalue weighted by atomic mass is 10.4. The van der Waals surface area contributed by atoms with Crippen LogP contribution in [0.25, 0.3) is 0 Å². The third kappa shape index (κ3) is 4.31. The van der Waals surface area contributed by atoms with E-state index in [4.69, 9.17) is 16.1 Å². The third-order valence-electron chi connectivity index (χ3n) is 1.67. The van der Waals surface area contributed by atoms with Crippen molar-refractivity contribution >= 4 is 23.5 Å². The molecule has 0 radical (unpaired) electrons. The Bertz CT molecular complexity index is 378. The summed E-state index contributed by atoms with van der Waals surface area (Å²) in [6, 6.07) is 1.12. The predicted octanol–water partition coefficient (Wildman–Crippen LogP) is 0.938. The van der Waals surface area contributed by atoms with E-state index in [2.05, 4.69) is 15.8 Å². The first kappa shape index (κ1) is 12.5. The molecule has 0 aliphatic carbocycles. The molecule has 0 spiro atoms. The molecule has 0 atom stereocenters. The van der Waals surface area contributed by atoms with Gasteiger partial charge in [-0.25, -0.2) is 4.79 Å². The van der Waals surface area contributed by atoms with Gasteiger partial charge in [0.25, 0.3) is 0 Å². The SMILES string of the molecule is Cc1cc(CNC(=O)NC(=O)CCCl)on1. The van der Waals surface area contributed by atoms with Crippen molar-refractivity contribution in [1.82, 2.24) is 15.8 Å². The third-order valence-corrected chi connectivity index (χ3v) is 1.86. The maximum Gasteiger partial charge on any atom is 0.321 e. The summed E-state index contributed by atoms with van der Waals surface area (Å²) in [7, 11) is 0. The summed E-state index contributed by atoms with van der Waals surface area (Å²) in [5.41, 5.74) is 0.732. The number of carbonyl (C=O) groups excluding carboxylic acids is 2. The van der Waals surface area contributed by atoms with Crippen LogP contribution in [0.4, 0.5) is 4.79 Å². The monoisotopic (exact) mass is 245 g/mol. The van der Waals surface area contributed by atoms with Crippen LogP contribution in [0.1, 0.15) is 17.9 Å². The molecule has 1 heterocycles. The number of hydrogen-bond acceptors (Lipinski definition) is 4. The van der Waals surface area contributed by atoms with Crippen LogP contribution < -0.4 is 10.6 Å². The normalized spacial score (nSPS) is 9.88. The number of aryl methyl sites for hydroxylation is 1. The van der Waals surface area contributed by atoms with Crippen LogP contribution in [0.3, 0.4) is 0 Å². The van der Waals surface area contributed by atoms with Crippen LogP contribution in [0.2, 0.25) is 0 Å². The lowest BCUT2D eigenvalue weighted by molar-refractivity contribution is -0.119. The maximum atomic E-state index is 11.2. The van der Waals surface area contributed by atoms with Gasteiger partial charge in [-0.1, -0.05) is 5.16 Å². The van der Waals surface area contributed by atoms with E-state index in [0.717, 1.165) is 5.69 Å². The Morgan fingerprint density at radius 1 is 1.56 bits per heavy atom. The molecule has 7 heteroatoms. The second-order valence-corrected chi connectivity index (χ2v) is 3.48. The Hall–Kier alpha value is -1.56. The molecule has 2 N–H and O–H groups in total. The largest absolute Gasteiger partial charge is 0.359 e. The fraction of sp³-hybridized carbons (Fsp3) is 0.444. The van der Waals surface area contributed by atoms with Crippen molar-refractivity contribution < 1.29 is 14.1 Å². The first-order chi connectivity index (χ1) is 7.61. The molecule has 0 bridgehead atoms. The number of rotatable bonds is 4. The van der Waals surface area contributed by atoms with E-state index < -0.39 is 11.9 Å². The molecule has 0 fully saturated rings. The number of nitrogens with zero attached hydrogens (tertiary/aromatic N) is 1. The van der Waals surface area contributed by atoms with Gasteiger partial charge in [-0.05, 0) is 6.92 Å². The summed E-state index contributed by atoms with van der Waals surface area (Å²) in [5.74, 6) is 0.291. The highest BCUT2D eigenvalue weighted by atomic mass is 35.5. The molecule has 6 nitrogen and oxygen atoms in total. The fourth-order valence-corrected chi connectivity index (χ4v) is 1.16. The lowest BCUT2D eigenvalue weighted by Gasteiger charge is -2.03. The van der Waals surface area contributed by atoms with Gasteiger partial charge in [-0.3, -0.25) is 10.1 Å². The first-order valence-electron chi connectivity index (χ1n) is 4.67. The minimum absolute atomic E-state index is 0.108. The number of hydrogen-bond donors (Lipinski definition) is 2. The van der Waals surface area contributed by atoms with Crippen LogP contribution in [0, 0.1) is 6.92 Å². The molecule has 16 heavy (non-hydrogen) atoms. The minimum atomic E-state index is -0.579. The predicted molar refractivity (Wildman–Crippen MR) is 57.0 cm³/mol. The molecule has 88 valence electrons. The number of aromatic nitrogens is 1. The van der Waals surface area contributed by atoms with Gasteiger partial charge in [0.15, 0.2) is 5.76 Å². The molecule has 1 rings (SSSR count). The van der Waals surface area contributed by atoms with Crippen molar-refractivity contribution in [3.8, 4) is 0 Å². The molecular formula is C9H12ClN3O3. The van der Waals surface area contributed by atoms with E-state index in [0.29, 0.717) is 5.76 Å². The van der Waals surface area contributed by atoms with Crippen LogP contribution in [-0.2, 0) is 11.3 Å². The van der Waals surface area contributed by atoms with Gasteiger partial charge in [0.05, 0.1) is 12.2 Å². The van der Waals surface area contributed by atoms with Gasteiger partial charge in [-0.15, -0.1) is 11.6 Å². The zero-order valence-corrected chi connectivity index (χ0v) is 9.50. The average molecular weight is 246 g/mol. The van der Waals surface area contributed by atoms with E-state index >= 15 is 0 Å². The summed E-state index contributed by atoms with van der Waals surface area (Å²) in [4.78, 5) is 22.1. The Morgan fingerprint density at radius 2 is 2.31 bits per heavy atom. The summed E-state index contributed by atoms with van der Waals surface area (Å²) in [6.45, 7) is 1.96. The van der Waals surface area contributed by atoms with Gasteiger partial charge >= 0.3 is 6.03 Å². The summed E-state index contributed by atoms with van der Waals surface area (Å²) in [6.07, 6.45) is 0.108. The Kier molecular flexibility index (Phi) is 4.78. The van der Waals surface area contributed by atoms with Gasteiger partial charge in [0.2, 0.25) is 5.91 Å². The van der Waals surface area contributed by atoms with Crippen LogP contribution in [0.5, 0.6) is 0 Å². The number of carbonyl (C=O) groups is 2. The van der Waals surface area contributed by atoms with Gasteiger partial charge in [-0.2, -0.15) is 0 Å². The van der Waals surface area contributed by atoms with Crippen molar-refractivity contribution in [2.75, 3.05) is 5.88 Å². The number of imide groups is 1. The highest BCUT2D eigenvalue weighted by molar-refractivity contribution is 6.19. The van der Waals surface area contributed by atoms with E-state index in [9.17, 15) is 9.59 Å². The molecule has 0 aliphatic rings. The fourth-order valence-electron chi connectivity index (χ4n) is 0.986. The second kappa shape index (κ2) is 6.12. The van der Waals surface area contributed by atoms with E-state index in [1.54, 1.807) is 13.0 Å². The van der Waals surface area contributed by atoms with Crippen molar-refractivity contribution in [2.45, 2.75) is 19.9 Å².